The molecule has 0 saturated heterocycles. The van der Waals surface area contributed by atoms with E-state index in [9.17, 15) is 0 Å². The van der Waals surface area contributed by atoms with E-state index in [1.807, 2.05) is 12.1 Å². The largest absolute Gasteiger partial charge is 0.457 e. The fourth-order valence-electron chi connectivity index (χ4n) is 9.42. The van der Waals surface area contributed by atoms with E-state index in [1.165, 1.54) is 76.6 Å². The fourth-order valence-corrected chi connectivity index (χ4v) is 9.42. The Hall–Kier alpha value is -5.94. The Labute approximate surface area is 362 Å². The Balaban J connectivity index is 1.25. The molecule has 0 fully saturated rings. The summed E-state index contributed by atoms with van der Waals surface area (Å²) in [6, 6.07) is 38.0. The monoisotopic (exact) mass is 759 g/mol. The maximum Gasteiger partial charge on any atom is 0.164 e. The summed E-state index contributed by atoms with van der Waals surface area (Å²) in [6.45, 7) is 0. The van der Waals surface area contributed by atoms with E-state index in [1.54, 1.807) is 0 Å². The SMILES string of the molecule is Bc1c(B)c(-c2c(B)c(B)c3c(oc4c(B)c(B)c(B)c(B)c43)c2B)c(B)c(B)c1-c1nc(-c2ccc(-c3ccccc3)cc2)nc(-c2cccc(-c3ccccc3)c2)n1. The molecule has 15 heteroatoms. The second kappa shape index (κ2) is 15.3. The van der Waals surface area contributed by atoms with E-state index in [0.717, 1.165) is 55.5 Å². The normalized spacial score (nSPS) is 11.4. The first-order chi connectivity index (χ1) is 28.8. The van der Waals surface area contributed by atoms with Crippen LogP contribution in [0.5, 0.6) is 0 Å². The molecule has 0 radical (unpaired) electrons. The van der Waals surface area contributed by atoms with Crippen LogP contribution in [0, 0.1) is 0 Å². The molecular weight excluding hydrogens is 717 g/mol. The molecule has 9 aromatic rings. The molecule has 0 amide bonds. The van der Waals surface area contributed by atoms with Gasteiger partial charge < -0.3 is 4.42 Å². The Morgan fingerprint density at radius 3 is 1.27 bits per heavy atom. The third-order valence-electron chi connectivity index (χ3n) is 13.6. The van der Waals surface area contributed by atoms with Gasteiger partial charge in [0.05, 0.1) is 0 Å². The molecule has 0 aliphatic heterocycles. The van der Waals surface area contributed by atoms with Crippen LogP contribution in [0.4, 0.5) is 0 Å². The summed E-state index contributed by atoms with van der Waals surface area (Å²) in [6.07, 6.45) is 0. The highest BCUT2D eigenvalue weighted by Gasteiger charge is 2.26. The third-order valence-corrected chi connectivity index (χ3v) is 13.6. The number of fused-ring (bicyclic) bond motifs is 3. The molecule has 0 bridgehead atoms. The van der Waals surface area contributed by atoms with E-state index in [2.05, 4.69) is 183 Å². The second-order valence-electron chi connectivity index (χ2n) is 16.7. The molecule has 0 spiro atoms. The molecule has 0 aliphatic carbocycles. The minimum absolute atomic E-state index is 0.645. The fraction of sp³-hybridized carbons (Fsp3) is 0. The van der Waals surface area contributed by atoms with Gasteiger partial charge in [0.25, 0.3) is 0 Å². The van der Waals surface area contributed by atoms with E-state index in [-0.39, 0.29) is 0 Å². The Morgan fingerprint density at radius 1 is 0.283 bits per heavy atom. The summed E-state index contributed by atoms with van der Waals surface area (Å²) in [5.41, 5.74) is 25.7. The van der Waals surface area contributed by atoms with E-state index in [4.69, 9.17) is 19.4 Å². The van der Waals surface area contributed by atoms with Gasteiger partial charge in [0.2, 0.25) is 0 Å². The second-order valence-corrected chi connectivity index (χ2v) is 16.7. The molecule has 7 aromatic carbocycles. The highest BCUT2D eigenvalue weighted by molar-refractivity contribution is 6.70. The zero-order valence-electron chi connectivity index (χ0n) is 36.6. The number of rotatable bonds is 6. The van der Waals surface area contributed by atoms with Crippen LogP contribution in [0.3, 0.4) is 0 Å². The maximum absolute atomic E-state index is 6.91. The average Bonchev–Trinajstić information content (AvgIpc) is 3.70. The Kier molecular flexibility index (Phi) is 10.1. The molecular formula is C45H40B11N3O. The lowest BCUT2D eigenvalue weighted by atomic mass is 9.59. The molecule has 0 N–H and O–H groups in total. The molecule has 274 valence electrons. The van der Waals surface area contributed by atoms with E-state index < -0.39 is 0 Å². The molecule has 4 nitrogen and oxygen atoms in total. The van der Waals surface area contributed by atoms with Crippen molar-refractivity contribution in [1.29, 1.82) is 0 Å². The lowest BCUT2D eigenvalue weighted by Crippen LogP contribution is -2.48. The van der Waals surface area contributed by atoms with Crippen LogP contribution in [0.2, 0.25) is 0 Å². The first kappa shape index (κ1) is 39.5. The van der Waals surface area contributed by atoms with Gasteiger partial charge in [-0.3, -0.25) is 0 Å². The van der Waals surface area contributed by atoms with Gasteiger partial charge in [-0.05, 0) is 44.9 Å². The van der Waals surface area contributed by atoms with Gasteiger partial charge in [0.15, 0.2) is 17.5 Å². The summed E-state index contributed by atoms with van der Waals surface area (Å²) in [4.78, 5) is 15.8. The predicted octanol–water partition coefficient (Wildman–Crippen LogP) is -7.38. The van der Waals surface area contributed by atoms with Crippen LogP contribution >= 0.6 is 0 Å². The van der Waals surface area contributed by atoms with Crippen LogP contribution in [0.25, 0.3) is 89.5 Å². The average molecular weight is 758 g/mol. The van der Waals surface area contributed by atoms with Crippen molar-refractivity contribution < 1.29 is 4.42 Å². The highest BCUT2D eigenvalue weighted by Crippen LogP contribution is 2.30. The Bertz CT molecular complexity index is 3180. The minimum Gasteiger partial charge on any atom is -0.457 e. The molecule has 60 heavy (non-hydrogen) atoms. The molecule has 2 heterocycles. The Morgan fingerprint density at radius 2 is 0.667 bits per heavy atom. The number of benzene rings is 7. The van der Waals surface area contributed by atoms with Gasteiger partial charge in [-0.25, -0.2) is 15.0 Å². The lowest BCUT2D eigenvalue weighted by Gasteiger charge is -2.25. The zero-order chi connectivity index (χ0) is 42.1. The first-order valence-corrected chi connectivity index (χ1v) is 21.0. The van der Waals surface area contributed by atoms with Gasteiger partial charge in [-0.15, -0.1) is 5.46 Å². The molecule has 9 rings (SSSR count). The molecule has 0 aliphatic rings. The van der Waals surface area contributed by atoms with Crippen LogP contribution in [0.15, 0.2) is 114 Å². The lowest BCUT2D eigenvalue weighted by molar-refractivity contribution is 0.675. The molecule has 2 aromatic heterocycles. The van der Waals surface area contributed by atoms with E-state index >= 15 is 0 Å². The van der Waals surface area contributed by atoms with Crippen molar-refractivity contribution >= 4 is 168 Å². The van der Waals surface area contributed by atoms with Crippen molar-refractivity contribution in [1.82, 2.24) is 15.0 Å². The van der Waals surface area contributed by atoms with Crippen LogP contribution in [-0.2, 0) is 0 Å². The van der Waals surface area contributed by atoms with Crippen molar-refractivity contribution in [2.45, 2.75) is 0 Å². The summed E-state index contributed by atoms with van der Waals surface area (Å²) >= 11 is 0. The number of hydrogen-bond donors (Lipinski definition) is 0. The zero-order valence-corrected chi connectivity index (χ0v) is 36.6. The van der Waals surface area contributed by atoms with Crippen molar-refractivity contribution in [3.63, 3.8) is 0 Å². The molecule has 0 atom stereocenters. The summed E-state index contributed by atoms with van der Waals surface area (Å²) < 4.78 is 6.91. The van der Waals surface area contributed by atoms with Gasteiger partial charge in [0, 0.05) is 27.5 Å². The number of furan rings is 1. The van der Waals surface area contributed by atoms with Crippen LogP contribution < -0.4 is 60.1 Å². The van der Waals surface area contributed by atoms with Crippen LogP contribution in [-0.4, -0.2) is 101 Å². The molecule has 0 saturated carbocycles. The highest BCUT2D eigenvalue weighted by atomic mass is 16.3. The van der Waals surface area contributed by atoms with Gasteiger partial charge >= 0.3 is 0 Å². The summed E-state index contributed by atoms with van der Waals surface area (Å²) in [7, 11) is 24.7. The number of nitrogens with zero attached hydrogens (tertiary/aromatic N) is 3. The number of aromatic nitrogens is 3. The molecule has 0 unspecified atom stereocenters. The smallest absolute Gasteiger partial charge is 0.164 e. The minimum atomic E-state index is 0.645. The first-order valence-electron chi connectivity index (χ1n) is 21.0. The predicted molar refractivity (Wildman–Crippen MR) is 290 cm³/mol. The van der Waals surface area contributed by atoms with Crippen molar-refractivity contribution in [3.05, 3.63) is 109 Å². The van der Waals surface area contributed by atoms with Crippen LogP contribution in [0.1, 0.15) is 0 Å². The van der Waals surface area contributed by atoms with Crippen molar-refractivity contribution in [2.75, 3.05) is 0 Å². The van der Waals surface area contributed by atoms with Gasteiger partial charge in [-0.1, -0.05) is 152 Å². The van der Waals surface area contributed by atoms with Gasteiger partial charge in [-0.2, -0.15) is 0 Å². The topological polar surface area (TPSA) is 51.8 Å². The number of hydrogen-bond acceptors (Lipinski definition) is 4. The van der Waals surface area contributed by atoms with Gasteiger partial charge in [0.1, 0.15) is 97.5 Å². The quantitative estimate of drug-likeness (QED) is 0.159. The standard InChI is InChI=1S/C45H40B11N3O/c46-30-25(26-32(48)33(49)27-28-34(50)38(54)39(55)40(56)42(28)60-41(27)37(26)53)31(47)36(52)29(35(30)51)45-58-43(22-16-14-21(15-17-22)19-8-3-1-4-9-19)57-44(59-45)24-13-7-12-23(18-24)20-10-5-2-6-11-20/h1-18H,46-56H2. The summed E-state index contributed by atoms with van der Waals surface area (Å²) in [5.74, 6) is 1.97. The van der Waals surface area contributed by atoms with Crippen molar-refractivity contribution in [2.24, 2.45) is 0 Å². The maximum atomic E-state index is 6.91. The van der Waals surface area contributed by atoms with E-state index in [0.29, 0.717) is 17.5 Å². The summed E-state index contributed by atoms with van der Waals surface area (Å²) in [5, 5.41) is 2.49. The van der Waals surface area contributed by atoms with Crippen molar-refractivity contribution in [3.8, 4) is 67.5 Å². The third kappa shape index (κ3) is 6.36.